The summed E-state index contributed by atoms with van der Waals surface area (Å²) in [6.45, 7) is 4.74. The molecule has 0 radical (unpaired) electrons. The summed E-state index contributed by atoms with van der Waals surface area (Å²) >= 11 is 0. The van der Waals surface area contributed by atoms with Crippen molar-refractivity contribution in [2.75, 3.05) is 6.54 Å². The van der Waals surface area contributed by atoms with Crippen LogP contribution in [0.5, 0.6) is 0 Å². The average Bonchev–Trinajstić information content (AvgIpc) is 3.04. The van der Waals surface area contributed by atoms with Crippen LogP contribution in [-0.4, -0.2) is 45.8 Å². The molecule has 4 atom stereocenters. The minimum Gasteiger partial charge on any atom is -0.339 e. The molecule has 1 heterocycles. The molecule has 130 valence electrons. The first kappa shape index (κ1) is 17.2. The van der Waals surface area contributed by atoms with Crippen LogP contribution in [0.4, 0.5) is 0 Å². The standard InChI is InChI=1S/C13H21N3O7/c1-8(2)10-4-3-5-14(10)13(17)9-6-11(22-15(18)19)12(7-9)23-16(20)21/h8-12H,3-7H2,1-2H3/t9?,10-,11-,12+/m1/s1. The molecule has 1 amide bonds. The van der Waals surface area contributed by atoms with Crippen LogP contribution in [0, 0.1) is 32.1 Å². The molecular weight excluding hydrogens is 310 g/mol. The Morgan fingerprint density at radius 2 is 1.65 bits per heavy atom. The van der Waals surface area contributed by atoms with Gasteiger partial charge in [-0.05, 0) is 31.6 Å². The number of likely N-dealkylation sites (tertiary alicyclic amines) is 1. The lowest BCUT2D eigenvalue weighted by atomic mass is 9.99. The SMILES string of the molecule is CC(C)[C@H]1CCCN1C(=O)C1C[C@H](O[N+](=O)[O-])[C@H](O[N+](=O)[O-])C1. The Morgan fingerprint density at radius 3 is 2.09 bits per heavy atom. The van der Waals surface area contributed by atoms with Gasteiger partial charge in [-0.1, -0.05) is 13.8 Å². The summed E-state index contributed by atoms with van der Waals surface area (Å²) in [5.74, 6) is -0.351. The fourth-order valence-corrected chi connectivity index (χ4v) is 3.60. The van der Waals surface area contributed by atoms with E-state index in [4.69, 9.17) is 0 Å². The first-order chi connectivity index (χ1) is 10.8. The van der Waals surface area contributed by atoms with E-state index < -0.39 is 28.3 Å². The molecule has 2 rings (SSSR count). The third kappa shape index (κ3) is 3.99. The van der Waals surface area contributed by atoms with E-state index in [0.29, 0.717) is 12.5 Å². The number of rotatable bonds is 6. The van der Waals surface area contributed by atoms with E-state index >= 15 is 0 Å². The monoisotopic (exact) mass is 331 g/mol. The highest BCUT2D eigenvalue weighted by Crippen LogP contribution is 2.35. The van der Waals surface area contributed by atoms with E-state index in [2.05, 4.69) is 9.68 Å². The second-order valence-electron chi connectivity index (χ2n) is 6.39. The fourth-order valence-electron chi connectivity index (χ4n) is 3.60. The molecule has 0 aromatic carbocycles. The van der Waals surface area contributed by atoms with E-state index in [1.165, 1.54) is 0 Å². The third-order valence-corrected chi connectivity index (χ3v) is 4.59. The zero-order valence-electron chi connectivity index (χ0n) is 13.1. The maximum absolute atomic E-state index is 12.7. The first-order valence-electron chi connectivity index (χ1n) is 7.72. The number of carbonyl (C=O) groups excluding carboxylic acids is 1. The smallest absolute Gasteiger partial charge is 0.294 e. The van der Waals surface area contributed by atoms with Crippen LogP contribution in [-0.2, 0) is 14.5 Å². The molecule has 1 aliphatic carbocycles. The summed E-state index contributed by atoms with van der Waals surface area (Å²) < 4.78 is 0. The van der Waals surface area contributed by atoms with Gasteiger partial charge in [0.15, 0.2) is 0 Å². The van der Waals surface area contributed by atoms with Crippen molar-refractivity contribution in [2.24, 2.45) is 11.8 Å². The Balaban J connectivity index is 2.06. The van der Waals surface area contributed by atoms with Gasteiger partial charge < -0.3 is 14.6 Å². The first-order valence-corrected chi connectivity index (χ1v) is 7.72. The zero-order chi connectivity index (χ0) is 17.1. The van der Waals surface area contributed by atoms with Gasteiger partial charge in [-0.15, -0.1) is 20.2 Å². The maximum atomic E-state index is 12.7. The predicted octanol–water partition coefficient (Wildman–Crippen LogP) is 1.20. The zero-order valence-corrected chi connectivity index (χ0v) is 13.1. The van der Waals surface area contributed by atoms with Crippen molar-refractivity contribution in [3.8, 4) is 0 Å². The van der Waals surface area contributed by atoms with E-state index in [1.54, 1.807) is 4.90 Å². The second-order valence-corrected chi connectivity index (χ2v) is 6.39. The van der Waals surface area contributed by atoms with Crippen molar-refractivity contribution in [1.82, 2.24) is 4.90 Å². The van der Waals surface area contributed by atoms with Gasteiger partial charge in [-0.2, -0.15) is 0 Å². The Bertz CT molecular complexity index is 460. The van der Waals surface area contributed by atoms with Crippen LogP contribution in [0.25, 0.3) is 0 Å². The van der Waals surface area contributed by atoms with Crippen molar-refractivity contribution in [2.45, 2.75) is 57.8 Å². The van der Waals surface area contributed by atoms with Crippen molar-refractivity contribution in [3.05, 3.63) is 20.2 Å². The molecule has 1 unspecified atom stereocenters. The van der Waals surface area contributed by atoms with Gasteiger partial charge in [0, 0.05) is 18.5 Å². The summed E-state index contributed by atoms with van der Waals surface area (Å²) in [6.07, 6.45) is -0.224. The Hall–Kier alpha value is -2.13. The van der Waals surface area contributed by atoms with Crippen LogP contribution in [0.3, 0.4) is 0 Å². The molecule has 23 heavy (non-hydrogen) atoms. The Labute approximate surface area is 132 Å². The maximum Gasteiger partial charge on any atom is 0.294 e. The van der Waals surface area contributed by atoms with Gasteiger partial charge in [-0.3, -0.25) is 4.79 Å². The topological polar surface area (TPSA) is 125 Å². The molecule has 10 nitrogen and oxygen atoms in total. The van der Waals surface area contributed by atoms with E-state index in [1.807, 2.05) is 13.8 Å². The Kier molecular flexibility index (Phi) is 5.22. The third-order valence-electron chi connectivity index (χ3n) is 4.59. The molecule has 0 spiro atoms. The molecule has 2 aliphatic rings. The van der Waals surface area contributed by atoms with Crippen molar-refractivity contribution >= 4 is 5.91 Å². The lowest BCUT2D eigenvalue weighted by molar-refractivity contribution is -0.797. The number of amides is 1. The van der Waals surface area contributed by atoms with Crippen LogP contribution in [0.1, 0.15) is 39.5 Å². The number of carbonyl (C=O) groups is 1. The number of hydrogen-bond donors (Lipinski definition) is 0. The second kappa shape index (κ2) is 6.97. The van der Waals surface area contributed by atoms with Gasteiger partial charge in [0.05, 0.1) is 0 Å². The van der Waals surface area contributed by atoms with Gasteiger partial charge in [-0.25, -0.2) is 0 Å². The van der Waals surface area contributed by atoms with Gasteiger partial charge in [0.2, 0.25) is 5.91 Å². The van der Waals surface area contributed by atoms with Gasteiger partial charge in [0.1, 0.15) is 12.2 Å². The lowest BCUT2D eigenvalue weighted by Crippen LogP contribution is -2.41. The van der Waals surface area contributed by atoms with Crippen LogP contribution in [0.15, 0.2) is 0 Å². The average molecular weight is 331 g/mol. The molecule has 0 aromatic heterocycles. The molecule has 1 saturated heterocycles. The summed E-state index contributed by atoms with van der Waals surface area (Å²) in [5.41, 5.74) is 0. The van der Waals surface area contributed by atoms with Gasteiger partial charge in [0.25, 0.3) is 10.2 Å². The molecule has 1 saturated carbocycles. The number of nitrogens with zero attached hydrogens (tertiary/aromatic N) is 3. The molecular formula is C13H21N3O7. The molecule has 0 aromatic rings. The highest BCUT2D eigenvalue weighted by atomic mass is 17.0. The molecule has 0 N–H and O–H groups in total. The molecule has 2 fully saturated rings. The fraction of sp³-hybridized carbons (Fsp3) is 0.923. The molecule has 0 bridgehead atoms. The summed E-state index contributed by atoms with van der Waals surface area (Å²) in [7, 11) is 0. The summed E-state index contributed by atoms with van der Waals surface area (Å²) in [6, 6.07) is 0.146. The molecule has 10 heteroatoms. The number of hydrogen-bond acceptors (Lipinski definition) is 7. The highest BCUT2D eigenvalue weighted by Gasteiger charge is 2.45. The predicted molar refractivity (Wildman–Crippen MR) is 76.0 cm³/mol. The van der Waals surface area contributed by atoms with Crippen LogP contribution >= 0.6 is 0 Å². The van der Waals surface area contributed by atoms with Crippen LogP contribution < -0.4 is 0 Å². The lowest BCUT2D eigenvalue weighted by Gasteiger charge is -2.30. The molecule has 1 aliphatic heterocycles. The van der Waals surface area contributed by atoms with E-state index in [9.17, 15) is 25.0 Å². The minimum atomic E-state index is -1.09. The normalized spacial score (nSPS) is 30.5. The largest absolute Gasteiger partial charge is 0.339 e. The minimum absolute atomic E-state index is 0.0552. The Morgan fingerprint density at radius 1 is 1.13 bits per heavy atom. The van der Waals surface area contributed by atoms with Crippen molar-refractivity contribution in [1.29, 1.82) is 0 Å². The highest BCUT2D eigenvalue weighted by molar-refractivity contribution is 5.80. The van der Waals surface area contributed by atoms with Crippen LogP contribution in [0.2, 0.25) is 0 Å². The van der Waals surface area contributed by atoms with Crippen molar-refractivity contribution < 1.29 is 24.6 Å². The summed E-state index contributed by atoms with van der Waals surface area (Å²) in [5, 5.41) is 19.0. The van der Waals surface area contributed by atoms with Gasteiger partial charge >= 0.3 is 0 Å². The van der Waals surface area contributed by atoms with Crippen molar-refractivity contribution in [3.63, 3.8) is 0 Å². The summed E-state index contributed by atoms with van der Waals surface area (Å²) in [4.78, 5) is 44.5. The van der Waals surface area contributed by atoms with E-state index in [-0.39, 0.29) is 24.8 Å². The van der Waals surface area contributed by atoms with E-state index in [0.717, 1.165) is 12.8 Å². The quantitative estimate of drug-likeness (QED) is 0.528.